The van der Waals surface area contributed by atoms with Gasteiger partial charge in [0.05, 0.1) is 29.3 Å². The number of nitrogens with zero attached hydrogens (tertiary/aromatic N) is 3. The average Bonchev–Trinajstić information content (AvgIpc) is 3.47. The van der Waals surface area contributed by atoms with Gasteiger partial charge in [0, 0.05) is 10.9 Å². The SMILES string of the molecule is CCOC(=O)c1ccc(COc2ccc(C3=NN(/C(N)=N/S(=O)(=O)c4ccc(Cl)cc4)CC3c3ccccc3)cc2)cc1. The molecule has 4 aromatic carbocycles. The molecule has 1 aliphatic heterocycles. The molecule has 1 heterocycles. The summed E-state index contributed by atoms with van der Waals surface area (Å²) in [6.45, 7) is 2.72. The number of carbonyl (C=O) groups excluding carboxylic acids is 1. The van der Waals surface area contributed by atoms with Gasteiger partial charge in [-0.25, -0.2) is 9.80 Å². The largest absolute Gasteiger partial charge is 0.489 e. The van der Waals surface area contributed by atoms with Crippen LogP contribution in [0.5, 0.6) is 5.75 Å². The Balaban J connectivity index is 1.34. The summed E-state index contributed by atoms with van der Waals surface area (Å²) in [5.41, 5.74) is 10.1. The van der Waals surface area contributed by atoms with E-state index in [2.05, 4.69) is 4.40 Å². The Kier molecular flexibility index (Phi) is 9.08. The van der Waals surface area contributed by atoms with Crippen molar-refractivity contribution in [2.24, 2.45) is 15.2 Å². The Morgan fingerprint density at radius 1 is 0.977 bits per heavy atom. The molecule has 1 unspecified atom stereocenters. The van der Waals surface area contributed by atoms with Gasteiger partial charge >= 0.3 is 5.97 Å². The molecule has 0 radical (unpaired) electrons. The first-order chi connectivity index (χ1) is 20.7. The molecule has 4 aromatic rings. The summed E-state index contributed by atoms with van der Waals surface area (Å²) in [6.07, 6.45) is 0. The first kappa shape index (κ1) is 29.8. The number of sulfonamides is 1. The summed E-state index contributed by atoms with van der Waals surface area (Å²) < 4.78 is 40.5. The fourth-order valence-corrected chi connectivity index (χ4v) is 5.57. The van der Waals surface area contributed by atoms with Gasteiger partial charge in [-0.3, -0.25) is 0 Å². The van der Waals surface area contributed by atoms with E-state index in [1.807, 2.05) is 66.7 Å². The Hall–Kier alpha value is -4.67. The Bertz CT molecular complexity index is 1740. The molecule has 0 spiro atoms. The van der Waals surface area contributed by atoms with E-state index in [1.54, 1.807) is 19.1 Å². The van der Waals surface area contributed by atoms with Gasteiger partial charge in [0.25, 0.3) is 10.0 Å². The third kappa shape index (κ3) is 7.22. The molecule has 9 nitrogen and oxygen atoms in total. The summed E-state index contributed by atoms with van der Waals surface area (Å²) >= 11 is 5.90. The molecule has 0 aromatic heterocycles. The summed E-state index contributed by atoms with van der Waals surface area (Å²) in [5, 5.41) is 6.52. The van der Waals surface area contributed by atoms with E-state index in [0.717, 1.165) is 16.7 Å². The number of hydrogen-bond acceptors (Lipinski definition) is 6. The Morgan fingerprint density at radius 2 is 1.65 bits per heavy atom. The normalized spacial score (nSPS) is 15.2. The zero-order valence-corrected chi connectivity index (χ0v) is 24.8. The summed E-state index contributed by atoms with van der Waals surface area (Å²) in [5.74, 6) is -0.123. The maximum Gasteiger partial charge on any atom is 0.338 e. The van der Waals surface area contributed by atoms with Crippen molar-refractivity contribution in [2.45, 2.75) is 24.3 Å². The lowest BCUT2D eigenvalue weighted by Gasteiger charge is -2.16. The van der Waals surface area contributed by atoms with E-state index >= 15 is 0 Å². The van der Waals surface area contributed by atoms with Gasteiger partial charge in [-0.05, 0) is 84.3 Å². The second-order valence-electron chi connectivity index (χ2n) is 9.64. The van der Waals surface area contributed by atoms with E-state index in [4.69, 9.17) is 31.9 Å². The number of guanidine groups is 1. The quantitative estimate of drug-likeness (QED) is 0.147. The van der Waals surface area contributed by atoms with Crippen LogP contribution >= 0.6 is 11.6 Å². The Morgan fingerprint density at radius 3 is 2.30 bits per heavy atom. The van der Waals surface area contributed by atoms with Crippen LogP contribution in [0.1, 0.15) is 39.9 Å². The Labute approximate surface area is 255 Å². The van der Waals surface area contributed by atoms with Crippen molar-refractivity contribution in [1.82, 2.24) is 5.01 Å². The minimum absolute atomic E-state index is 0.0200. The fraction of sp³-hybridized carbons (Fsp3) is 0.156. The monoisotopic (exact) mass is 616 g/mol. The molecule has 220 valence electrons. The molecule has 11 heteroatoms. The van der Waals surface area contributed by atoms with Crippen molar-refractivity contribution in [1.29, 1.82) is 0 Å². The zero-order valence-electron chi connectivity index (χ0n) is 23.3. The van der Waals surface area contributed by atoms with Crippen molar-refractivity contribution in [3.8, 4) is 5.75 Å². The highest BCUT2D eigenvalue weighted by molar-refractivity contribution is 7.90. The van der Waals surface area contributed by atoms with Gasteiger partial charge < -0.3 is 15.2 Å². The summed E-state index contributed by atoms with van der Waals surface area (Å²) in [6, 6.07) is 30.1. The van der Waals surface area contributed by atoms with Gasteiger partial charge in [-0.15, -0.1) is 4.40 Å². The minimum Gasteiger partial charge on any atom is -0.489 e. The third-order valence-corrected chi connectivity index (χ3v) is 8.27. The predicted molar refractivity (Wildman–Crippen MR) is 166 cm³/mol. The number of hydrazone groups is 1. The minimum atomic E-state index is -4.07. The predicted octanol–water partition coefficient (Wildman–Crippen LogP) is 5.60. The number of rotatable bonds is 9. The van der Waals surface area contributed by atoms with E-state index in [-0.39, 0.29) is 22.7 Å². The molecule has 2 N–H and O–H groups in total. The number of benzene rings is 4. The van der Waals surface area contributed by atoms with Crippen LogP contribution in [0.4, 0.5) is 0 Å². The number of nitrogens with two attached hydrogens (primary N) is 1. The molecule has 0 saturated carbocycles. The first-order valence-corrected chi connectivity index (χ1v) is 15.3. The van der Waals surface area contributed by atoms with Crippen LogP contribution in [0.2, 0.25) is 5.02 Å². The highest BCUT2D eigenvalue weighted by Crippen LogP contribution is 2.30. The van der Waals surface area contributed by atoms with Crippen LogP contribution in [0.3, 0.4) is 0 Å². The maximum atomic E-state index is 12.9. The molecule has 1 atom stereocenters. The lowest BCUT2D eigenvalue weighted by molar-refractivity contribution is 0.0526. The molecule has 0 aliphatic carbocycles. The summed E-state index contributed by atoms with van der Waals surface area (Å²) in [7, 11) is -4.07. The van der Waals surface area contributed by atoms with Gasteiger partial charge in [0.15, 0.2) is 0 Å². The lowest BCUT2D eigenvalue weighted by atomic mass is 9.90. The van der Waals surface area contributed by atoms with E-state index < -0.39 is 10.0 Å². The number of halogens is 1. The van der Waals surface area contributed by atoms with Gasteiger partial charge in [-0.1, -0.05) is 54.1 Å². The van der Waals surface area contributed by atoms with Gasteiger partial charge in [0.1, 0.15) is 12.4 Å². The van der Waals surface area contributed by atoms with Crippen molar-refractivity contribution in [3.63, 3.8) is 0 Å². The van der Waals surface area contributed by atoms with Gasteiger partial charge in [-0.2, -0.15) is 13.5 Å². The van der Waals surface area contributed by atoms with Crippen LogP contribution in [-0.4, -0.2) is 44.2 Å². The van der Waals surface area contributed by atoms with Crippen LogP contribution in [0, 0.1) is 0 Å². The lowest BCUT2D eigenvalue weighted by Crippen LogP contribution is -2.33. The fourth-order valence-electron chi connectivity index (χ4n) is 4.52. The second kappa shape index (κ2) is 13.1. The molecule has 0 saturated heterocycles. The first-order valence-electron chi connectivity index (χ1n) is 13.5. The number of hydrogen-bond donors (Lipinski definition) is 1. The zero-order chi connectivity index (χ0) is 30.4. The molecule has 1 aliphatic rings. The number of ether oxygens (including phenoxy) is 2. The van der Waals surface area contributed by atoms with Crippen molar-refractivity contribution >= 4 is 39.3 Å². The molecule has 5 rings (SSSR count). The van der Waals surface area contributed by atoms with Crippen molar-refractivity contribution < 1.29 is 22.7 Å². The van der Waals surface area contributed by atoms with Gasteiger partial charge in [0.2, 0.25) is 5.96 Å². The smallest absolute Gasteiger partial charge is 0.338 e. The number of carbonyl (C=O) groups is 1. The van der Waals surface area contributed by atoms with Crippen LogP contribution in [-0.2, 0) is 21.4 Å². The molecule has 43 heavy (non-hydrogen) atoms. The topological polar surface area (TPSA) is 124 Å². The van der Waals surface area contributed by atoms with Crippen LogP contribution in [0.15, 0.2) is 118 Å². The molecular weight excluding hydrogens is 588 g/mol. The third-order valence-electron chi connectivity index (χ3n) is 6.73. The van der Waals surface area contributed by atoms with E-state index in [0.29, 0.717) is 41.8 Å². The second-order valence-corrected chi connectivity index (χ2v) is 11.7. The summed E-state index contributed by atoms with van der Waals surface area (Å²) in [4.78, 5) is 11.8. The van der Waals surface area contributed by atoms with Crippen LogP contribution < -0.4 is 10.5 Å². The van der Waals surface area contributed by atoms with Crippen LogP contribution in [0.25, 0.3) is 0 Å². The standard InChI is InChI=1S/C32H29ClN4O5S/c1-2-41-31(38)25-10-8-22(9-11-25)21-42-27-16-12-24(13-17-27)30-29(23-6-4-3-5-7-23)20-37(35-30)32(34)36-43(39,40)28-18-14-26(33)15-19-28/h3-19,29H,2,20-21H2,1H3,(H2,34,36). The average molecular weight is 617 g/mol. The van der Waals surface area contributed by atoms with E-state index in [1.165, 1.54) is 29.3 Å². The molecule has 0 amide bonds. The van der Waals surface area contributed by atoms with E-state index in [9.17, 15) is 13.2 Å². The van der Waals surface area contributed by atoms with Crippen molar-refractivity contribution in [2.75, 3.05) is 13.2 Å². The molecular formula is C32H29ClN4O5S. The highest BCUT2D eigenvalue weighted by Gasteiger charge is 2.31. The molecule has 0 fully saturated rings. The van der Waals surface area contributed by atoms with Crippen molar-refractivity contribution in [3.05, 3.63) is 130 Å². The number of esters is 1. The highest BCUT2D eigenvalue weighted by atomic mass is 35.5. The maximum absolute atomic E-state index is 12.9. The molecule has 0 bridgehead atoms.